The van der Waals surface area contributed by atoms with Crippen molar-refractivity contribution in [2.75, 3.05) is 32.9 Å². The highest BCUT2D eigenvalue weighted by Gasteiger charge is 2.18. The summed E-state index contributed by atoms with van der Waals surface area (Å²) < 4.78 is 16.0. The molecular formula is C20H23N3O5. The van der Waals surface area contributed by atoms with E-state index < -0.39 is 4.92 Å². The zero-order valence-corrected chi connectivity index (χ0v) is 15.7. The van der Waals surface area contributed by atoms with E-state index in [0.29, 0.717) is 29.2 Å². The van der Waals surface area contributed by atoms with Crippen molar-refractivity contribution in [3.63, 3.8) is 0 Å². The second-order valence-corrected chi connectivity index (χ2v) is 6.14. The van der Waals surface area contributed by atoms with Gasteiger partial charge in [0.05, 0.1) is 24.7 Å². The fourth-order valence-corrected chi connectivity index (χ4v) is 2.64. The van der Waals surface area contributed by atoms with Crippen LogP contribution in [0.3, 0.4) is 0 Å². The molecule has 148 valence electrons. The Kier molecular flexibility index (Phi) is 6.94. The number of para-hydroxylation sites is 2. The molecule has 4 rings (SSSR count). The minimum absolute atomic E-state index is 0.0896. The van der Waals surface area contributed by atoms with E-state index in [-0.39, 0.29) is 11.4 Å². The summed E-state index contributed by atoms with van der Waals surface area (Å²) in [5, 5.41) is 14.4. The van der Waals surface area contributed by atoms with Crippen LogP contribution in [0.5, 0.6) is 5.75 Å². The second-order valence-electron chi connectivity index (χ2n) is 6.14. The Hall–Kier alpha value is -2.97. The number of hydrogen-bond donors (Lipinski definition) is 1. The van der Waals surface area contributed by atoms with E-state index in [1.165, 1.54) is 6.07 Å². The smallest absolute Gasteiger partial charge is 0.311 e. The van der Waals surface area contributed by atoms with Crippen LogP contribution in [-0.4, -0.2) is 42.8 Å². The Labute approximate surface area is 162 Å². The van der Waals surface area contributed by atoms with E-state index in [1.807, 2.05) is 25.1 Å². The van der Waals surface area contributed by atoms with Crippen molar-refractivity contribution in [3.05, 3.63) is 52.6 Å². The molecule has 0 amide bonds. The Morgan fingerprint density at radius 2 is 2.00 bits per heavy atom. The van der Waals surface area contributed by atoms with E-state index in [2.05, 4.69) is 10.3 Å². The number of ether oxygens (including phenoxy) is 2. The van der Waals surface area contributed by atoms with Gasteiger partial charge >= 0.3 is 5.69 Å². The Balaban J connectivity index is 0.000000320. The third-order valence-corrected chi connectivity index (χ3v) is 4.00. The van der Waals surface area contributed by atoms with Crippen LogP contribution < -0.4 is 10.1 Å². The molecule has 1 aromatic heterocycles. The normalized spacial score (nSPS) is 13.6. The molecule has 2 heterocycles. The number of aromatic nitrogens is 1. The van der Waals surface area contributed by atoms with Gasteiger partial charge in [-0.3, -0.25) is 10.1 Å². The van der Waals surface area contributed by atoms with Crippen LogP contribution in [0.2, 0.25) is 0 Å². The summed E-state index contributed by atoms with van der Waals surface area (Å²) in [6.45, 7) is 6.21. The molecule has 0 unspecified atom stereocenters. The Morgan fingerprint density at radius 3 is 2.61 bits per heavy atom. The third-order valence-electron chi connectivity index (χ3n) is 4.00. The molecule has 1 fully saturated rings. The largest absolute Gasteiger partial charge is 0.487 e. The molecule has 3 aromatic rings. The van der Waals surface area contributed by atoms with Crippen molar-refractivity contribution in [2.45, 2.75) is 13.3 Å². The van der Waals surface area contributed by atoms with Crippen LogP contribution in [-0.2, 0) is 4.74 Å². The lowest BCUT2D eigenvalue weighted by Crippen LogP contribution is -2.30. The van der Waals surface area contributed by atoms with Crippen molar-refractivity contribution in [3.8, 4) is 17.2 Å². The number of fused-ring (bicyclic) bond motifs is 1. The number of nitrogens with one attached hydrogen (secondary N) is 1. The maximum atomic E-state index is 11.2. The van der Waals surface area contributed by atoms with Crippen LogP contribution in [0.4, 0.5) is 5.69 Å². The molecule has 0 aliphatic carbocycles. The highest BCUT2D eigenvalue weighted by Crippen LogP contribution is 2.33. The molecule has 1 aliphatic heterocycles. The summed E-state index contributed by atoms with van der Waals surface area (Å²) in [4.78, 5) is 15.1. The van der Waals surface area contributed by atoms with E-state index in [9.17, 15) is 10.1 Å². The van der Waals surface area contributed by atoms with E-state index >= 15 is 0 Å². The van der Waals surface area contributed by atoms with Gasteiger partial charge < -0.3 is 19.2 Å². The Morgan fingerprint density at radius 1 is 1.21 bits per heavy atom. The lowest BCUT2D eigenvalue weighted by Gasteiger charge is -2.10. The number of hydrogen-bond acceptors (Lipinski definition) is 7. The van der Waals surface area contributed by atoms with Crippen LogP contribution in [0.1, 0.15) is 13.3 Å². The summed E-state index contributed by atoms with van der Waals surface area (Å²) in [6, 6.07) is 12.1. The molecule has 2 aromatic carbocycles. The topological polar surface area (TPSA) is 99.7 Å². The highest BCUT2D eigenvalue weighted by atomic mass is 16.6. The first-order valence-corrected chi connectivity index (χ1v) is 9.24. The van der Waals surface area contributed by atoms with Gasteiger partial charge in [0.1, 0.15) is 5.52 Å². The summed E-state index contributed by atoms with van der Waals surface area (Å²) in [5.74, 6) is 0.609. The first-order chi connectivity index (χ1) is 13.7. The SMILES string of the molecule is C1COCCN1.CCCOc1ccc(-c2nc3ccccc3o2)cc1[N+](=O)[O-]. The van der Waals surface area contributed by atoms with E-state index in [1.54, 1.807) is 18.2 Å². The summed E-state index contributed by atoms with van der Waals surface area (Å²) in [5.41, 5.74) is 1.82. The lowest BCUT2D eigenvalue weighted by atomic mass is 10.2. The summed E-state index contributed by atoms with van der Waals surface area (Å²) in [6.07, 6.45) is 0.782. The summed E-state index contributed by atoms with van der Waals surface area (Å²) >= 11 is 0. The number of benzene rings is 2. The van der Waals surface area contributed by atoms with Gasteiger partial charge in [-0.25, -0.2) is 4.98 Å². The van der Waals surface area contributed by atoms with Crippen LogP contribution in [0.15, 0.2) is 46.9 Å². The second kappa shape index (κ2) is 9.82. The molecule has 1 saturated heterocycles. The maximum absolute atomic E-state index is 11.2. The van der Waals surface area contributed by atoms with Crippen molar-refractivity contribution in [1.82, 2.24) is 10.3 Å². The van der Waals surface area contributed by atoms with E-state index in [4.69, 9.17) is 13.9 Å². The first-order valence-electron chi connectivity index (χ1n) is 9.24. The van der Waals surface area contributed by atoms with Gasteiger partial charge in [-0.1, -0.05) is 19.1 Å². The monoisotopic (exact) mass is 385 g/mol. The van der Waals surface area contributed by atoms with Gasteiger partial charge in [0.25, 0.3) is 0 Å². The van der Waals surface area contributed by atoms with Crippen LogP contribution in [0, 0.1) is 10.1 Å². The molecule has 1 aliphatic rings. The number of oxazole rings is 1. The summed E-state index contributed by atoms with van der Waals surface area (Å²) in [7, 11) is 0. The van der Waals surface area contributed by atoms with Crippen LogP contribution >= 0.6 is 0 Å². The average Bonchev–Trinajstić information content (AvgIpc) is 3.18. The maximum Gasteiger partial charge on any atom is 0.311 e. The molecule has 0 bridgehead atoms. The number of rotatable bonds is 5. The Bertz CT molecular complexity index is 877. The molecule has 0 radical (unpaired) electrons. The number of nitro benzene ring substituents is 1. The zero-order valence-electron chi connectivity index (χ0n) is 15.7. The fourth-order valence-electron chi connectivity index (χ4n) is 2.64. The highest BCUT2D eigenvalue weighted by molar-refractivity contribution is 5.76. The molecule has 0 saturated carbocycles. The predicted molar refractivity (Wildman–Crippen MR) is 106 cm³/mol. The van der Waals surface area contributed by atoms with Crippen molar-refractivity contribution in [2.24, 2.45) is 0 Å². The molecule has 28 heavy (non-hydrogen) atoms. The van der Waals surface area contributed by atoms with Crippen LogP contribution in [0.25, 0.3) is 22.6 Å². The van der Waals surface area contributed by atoms with Gasteiger partial charge in [-0.2, -0.15) is 0 Å². The first kappa shape index (κ1) is 19.8. The average molecular weight is 385 g/mol. The van der Waals surface area contributed by atoms with Gasteiger partial charge in [0.2, 0.25) is 5.89 Å². The third kappa shape index (κ3) is 5.05. The van der Waals surface area contributed by atoms with Gasteiger partial charge in [0.15, 0.2) is 11.3 Å². The van der Waals surface area contributed by atoms with Crippen molar-refractivity contribution >= 4 is 16.8 Å². The predicted octanol–water partition coefficient (Wildman–Crippen LogP) is 3.80. The standard InChI is InChI=1S/C16H14N2O4.C4H9NO/c1-2-9-21-15-8-7-11(10-13(15)18(19)20)16-17-12-5-3-4-6-14(12)22-16;1-3-6-4-2-5-1/h3-8,10H,2,9H2,1H3;5H,1-4H2. The minimum Gasteiger partial charge on any atom is -0.487 e. The quantitative estimate of drug-likeness (QED) is 0.527. The molecule has 8 nitrogen and oxygen atoms in total. The van der Waals surface area contributed by atoms with Gasteiger partial charge in [-0.15, -0.1) is 0 Å². The lowest BCUT2D eigenvalue weighted by molar-refractivity contribution is -0.385. The van der Waals surface area contributed by atoms with Crippen molar-refractivity contribution < 1.29 is 18.8 Å². The minimum atomic E-state index is -0.461. The number of morpholine rings is 1. The zero-order chi connectivity index (χ0) is 19.8. The molecule has 1 N–H and O–H groups in total. The van der Waals surface area contributed by atoms with Crippen molar-refractivity contribution in [1.29, 1.82) is 0 Å². The molecule has 0 atom stereocenters. The van der Waals surface area contributed by atoms with Gasteiger partial charge in [-0.05, 0) is 30.7 Å². The number of nitrogens with zero attached hydrogens (tertiary/aromatic N) is 2. The fraction of sp³-hybridized carbons (Fsp3) is 0.350. The molecule has 0 spiro atoms. The molecular weight excluding hydrogens is 362 g/mol. The molecule has 8 heteroatoms. The van der Waals surface area contributed by atoms with Gasteiger partial charge in [0, 0.05) is 24.7 Å². The number of nitro groups is 1. The van der Waals surface area contributed by atoms with E-state index in [0.717, 1.165) is 32.7 Å².